The highest BCUT2D eigenvalue weighted by molar-refractivity contribution is 6.30. The summed E-state index contributed by atoms with van der Waals surface area (Å²) in [5.74, 6) is 0. The van der Waals surface area contributed by atoms with Gasteiger partial charge in [-0.2, -0.15) is 0 Å². The first-order valence-corrected chi connectivity index (χ1v) is 8.10. The average molecular weight is 311 g/mol. The van der Waals surface area contributed by atoms with Crippen LogP contribution in [0.5, 0.6) is 0 Å². The second-order valence-corrected chi connectivity index (χ2v) is 7.00. The van der Waals surface area contributed by atoms with E-state index in [1.807, 2.05) is 24.3 Å². The van der Waals surface area contributed by atoms with Gasteiger partial charge in [0.15, 0.2) is 0 Å². The lowest BCUT2D eigenvalue weighted by Gasteiger charge is -2.49. The van der Waals surface area contributed by atoms with Gasteiger partial charge in [-0.05, 0) is 64.5 Å². The minimum Gasteiger partial charge on any atom is -0.388 e. The Morgan fingerprint density at radius 2 is 1.81 bits per heavy atom. The molecule has 0 heterocycles. The summed E-state index contributed by atoms with van der Waals surface area (Å²) in [5.41, 5.74) is 1.29. The Morgan fingerprint density at radius 1 is 1.19 bits per heavy atom. The molecule has 1 unspecified atom stereocenters. The third-order valence-electron chi connectivity index (χ3n) is 4.84. The molecule has 1 aliphatic rings. The van der Waals surface area contributed by atoms with Crippen LogP contribution in [0.25, 0.3) is 0 Å². The number of likely N-dealkylation sites (N-methyl/N-ethyl adjacent to an activating group) is 2. The van der Waals surface area contributed by atoms with Crippen molar-refractivity contribution in [3.8, 4) is 0 Å². The standard InChI is InChI=1S/C17H27ClN2O/c1-19(2)17(10-4-11-17)13-20(3)12-9-16(21)14-5-7-15(18)8-6-14/h5-8,16,21H,4,9-13H2,1-3H3. The van der Waals surface area contributed by atoms with E-state index in [1.54, 1.807) is 0 Å². The van der Waals surface area contributed by atoms with Crippen LogP contribution in [0.4, 0.5) is 0 Å². The maximum atomic E-state index is 10.3. The fourth-order valence-corrected chi connectivity index (χ4v) is 3.23. The summed E-state index contributed by atoms with van der Waals surface area (Å²) in [5, 5.41) is 11.0. The highest BCUT2D eigenvalue weighted by Crippen LogP contribution is 2.36. The largest absolute Gasteiger partial charge is 0.388 e. The Labute approximate surface area is 133 Å². The topological polar surface area (TPSA) is 26.7 Å². The number of halogens is 1. The Balaban J connectivity index is 1.80. The molecule has 1 saturated carbocycles. The van der Waals surface area contributed by atoms with Crippen molar-refractivity contribution in [3.63, 3.8) is 0 Å². The van der Waals surface area contributed by atoms with Crippen molar-refractivity contribution in [2.75, 3.05) is 34.2 Å². The maximum Gasteiger partial charge on any atom is 0.0802 e. The number of nitrogens with zero attached hydrogens (tertiary/aromatic N) is 2. The minimum atomic E-state index is -0.415. The average Bonchev–Trinajstić information content (AvgIpc) is 2.40. The van der Waals surface area contributed by atoms with Crippen molar-refractivity contribution in [2.24, 2.45) is 0 Å². The van der Waals surface area contributed by atoms with Gasteiger partial charge < -0.3 is 14.9 Å². The first kappa shape index (κ1) is 16.8. The quantitative estimate of drug-likeness (QED) is 0.838. The van der Waals surface area contributed by atoms with Crippen LogP contribution in [0, 0.1) is 0 Å². The summed E-state index contributed by atoms with van der Waals surface area (Å²) in [6.07, 6.45) is 4.23. The summed E-state index contributed by atoms with van der Waals surface area (Å²) >= 11 is 5.87. The first-order chi connectivity index (χ1) is 9.93. The van der Waals surface area contributed by atoms with Crippen LogP contribution >= 0.6 is 11.6 Å². The van der Waals surface area contributed by atoms with Crippen LogP contribution in [0.3, 0.4) is 0 Å². The predicted octanol–water partition coefficient (Wildman–Crippen LogP) is 3.18. The molecular formula is C17H27ClN2O. The monoisotopic (exact) mass is 310 g/mol. The van der Waals surface area contributed by atoms with Gasteiger partial charge in [-0.3, -0.25) is 0 Å². The summed E-state index contributed by atoms with van der Waals surface area (Å²) in [7, 11) is 6.50. The Morgan fingerprint density at radius 3 is 2.29 bits per heavy atom. The van der Waals surface area contributed by atoms with Crippen LogP contribution in [0.1, 0.15) is 37.4 Å². The van der Waals surface area contributed by atoms with E-state index in [9.17, 15) is 5.11 Å². The maximum absolute atomic E-state index is 10.3. The fraction of sp³-hybridized carbons (Fsp3) is 0.647. The molecule has 0 bridgehead atoms. The van der Waals surface area contributed by atoms with Gasteiger partial charge in [0, 0.05) is 23.7 Å². The van der Waals surface area contributed by atoms with Crippen molar-refractivity contribution >= 4 is 11.6 Å². The normalized spacial score (nSPS) is 18.8. The molecule has 21 heavy (non-hydrogen) atoms. The van der Waals surface area contributed by atoms with E-state index in [1.165, 1.54) is 19.3 Å². The molecule has 1 N–H and O–H groups in total. The van der Waals surface area contributed by atoms with Gasteiger partial charge in [-0.25, -0.2) is 0 Å². The zero-order valence-corrected chi connectivity index (χ0v) is 14.1. The molecule has 0 radical (unpaired) electrons. The molecule has 1 fully saturated rings. The lowest BCUT2D eigenvalue weighted by molar-refractivity contribution is 0.0239. The summed E-state index contributed by atoms with van der Waals surface area (Å²) in [4.78, 5) is 4.71. The zero-order chi connectivity index (χ0) is 15.5. The van der Waals surface area contributed by atoms with Crippen molar-refractivity contribution in [3.05, 3.63) is 34.9 Å². The number of benzene rings is 1. The van der Waals surface area contributed by atoms with Crippen molar-refractivity contribution in [1.82, 2.24) is 9.80 Å². The molecule has 2 rings (SSSR count). The number of aliphatic hydroxyl groups excluding tert-OH is 1. The van der Waals surface area contributed by atoms with Crippen LogP contribution in [0.2, 0.25) is 5.02 Å². The second kappa shape index (κ2) is 7.10. The van der Waals surface area contributed by atoms with Crippen LogP contribution in [0.15, 0.2) is 24.3 Å². The van der Waals surface area contributed by atoms with E-state index in [4.69, 9.17) is 11.6 Å². The summed E-state index contributed by atoms with van der Waals surface area (Å²) < 4.78 is 0. The third-order valence-corrected chi connectivity index (χ3v) is 5.09. The minimum absolute atomic E-state index is 0.347. The molecule has 0 spiro atoms. The van der Waals surface area contributed by atoms with E-state index in [2.05, 4.69) is 30.9 Å². The summed E-state index contributed by atoms with van der Waals surface area (Å²) in [6, 6.07) is 7.47. The molecule has 0 aromatic heterocycles. The molecule has 0 saturated heterocycles. The van der Waals surface area contributed by atoms with Gasteiger partial charge in [-0.15, -0.1) is 0 Å². The van der Waals surface area contributed by atoms with Crippen LogP contribution in [-0.2, 0) is 0 Å². The Kier molecular flexibility index (Phi) is 5.67. The predicted molar refractivity (Wildman–Crippen MR) is 88.8 cm³/mol. The van der Waals surface area contributed by atoms with Crippen molar-refractivity contribution in [1.29, 1.82) is 0 Å². The molecule has 118 valence electrons. The molecule has 1 aromatic rings. The molecular weight excluding hydrogens is 284 g/mol. The number of rotatable bonds is 7. The third kappa shape index (κ3) is 4.19. The van der Waals surface area contributed by atoms with E-state index < -0.39 is 6.10 Å². The summed E-state index contributed by atoms with van der Waals surface area (Å²) in [6.45, 7) is 1.98. The fourth-order valence-electron chi connectivity index (χ4n) is 3.11. The van der Waals surface area contributed by atoms with Gasteiger partial charge in [-0.1, -0.05) is 23.7 Å². The van der Waals surface area contributed by atoms with Crippen LogP contribution < -0.4 is 0 Å². The zero-order valence-electron chi connectivity index (χ0n) is 13.3. The van der Waals surface area contributed by atoms with E-state index >= 15 is 0 Å². The van der Waals surface area contributed by atoms with E-state index in [0.717, 1.165) is 25.1 Å². The Bertz CT molecular complexity index is 443. The first-order valence-electron chi connectivity index (χ1n) is 7.72. The molecule has 0 aliphatic heterocycles. The molecule has 1 aliphatic carbocycles. The molecule has 1 aromatic carbocycles. The smallest absolute Gasteiger partial charge is 0.0802 e. The van der Waals surface area contributed by atoms with Gasteiger partial charge in [0.1, 0.15) is 0 Å². The lowest BCUT2D eigenvalue weighted by Crippen LogP contribution is -2.56. The van der Waals surface area contributed by atoms with Gasteiger partial charge in [0.2, 0.25) is 0 Å². The van der Waals surface area contributed by atoms with E-state index in [0.29, 0.717) is 10.6 Å². The molecule has 4 heteroatoms. The van der Waals surface area contributed by atoms with Crippen molar-refractivity contribution in [2.45, 2.75) is 37.3 Å². The molecule has 1 atom stereocenters. The second-order valence-electron chi connectivity index (χ2n) is 6.57. The molecule has 0 amide bonds. The van der Waals surface area contributed by atoms with Crippen molar-refractivity contribution < 1.29 is 5.11 Å². The van der Waals surface area contributed by atoms with Gasteiger partial charge in [0.05, 0.1) is 6.10 Å². The van der Waals surface area contributed by atoms with Gasteiger partial charge in [0.25, 0.3) is 0 Å². The highest BCUT2D eigenvalue weighted by atomic mass is 35.5. The van der Waals surface area contributed by atoms with Gasteiger partial charge >= 0.3 is 0 Å². The number of hydrogen-bond donors (Lipinski definition) is 1. The molecule has 3 nitrogen and oxygen atoms in total. The van der Waals surface area contributed by atoms with E-state index in [-0.39, 0.29) is 0 Å². The SMILES string of the molecule is CN(CCC(O)c1ccc(Cl)cc1)CC1(N(C)C)CCC1. The number of hydrogen-bond acceptors (Lipinski definition) is 3. The lowest BCUT2D eigenvalue weighted by atomic mass is 9.75. The highest BCUT2D eigenvalue weighted by Gasteiger charge is 2.39. The van der Waals surface area contributed by atoms with Crippen LogP contribution in [-0.4, -0.2) is 54.7 Å². The Hall–Kier alpha value is -0.610. The number of aliphatic hydroxyl groups is 1.